The first-order valence-corrected chi connectivity index (χ1v) is 8.05. The highest BCUT2D eigenvalue weighted by molar-refractivity contribution is 7.10. The van der Waals surface area contributed by atoms with Crippen LogP contribution in [0.4, 0.5) is 0 Å². The van der Waals surface area contributed by atoms with Gasteiger partial charge in [-0.15, -0.1) is 11.3 Å². The molecular formula is C16H19N3O2S. The van der Waals surface area contributed by atoms with Crippen LogP contribution in [0.15, 0.2) is 40.5 Å². The van der Waals surface area contributed by atoms with Crippen molar-refractivity contribution in [3.05, 3.63) is 56.6 Å². The first kappa shape index (κ1) is 15.0. The number of imidazole rings is 1. The molecule has 22 heavy (non-hydrogen) atoms. The molecule has 0 radical (unpaired) electrons. The highest BCUT2D eigenvalue weighted by Crippen LogP contribution is 2.25. The molecule has 0 bridgehead atoms. The van der Waals surface area contributed by atoms with Crippen molar-refractivity contribution in [2.75, 3.05) is 6.54 Å². The minimum atomic E-state index is -0.894. The van der Waals surface area contributed by atoms with Crippen LogP contribution in [0, 0.1) is 0 Å². The van der Waals surface area contributed by atoms with Gasteiger partial charge in [0.05, 0.1) is 11.0 Å². The van der Waals surface area contributed by atoms with E-state index in [0.29, 0.717) is 6.54 Å². The van der Waals surface area contributed by atoms with Gasteiger partial charge in [-0.05, 0) is 43.0 Å². The van der Waals surface area contributed by atoms with Crippen LogP contribution in [0.25, 0.3) is 11.0 Å². The third-order valence-corrected chi connectivity index (χ3v) is 4.97. The second-order valence-electron chi connectivity index (χ2n) is 5.74. The lowest BCUT2D eigenvalue weighted by Crippen LogP contribution is -2.36. The van der Waals surface area contributed by atoms with E-state index in [0.717, 1.165) is 21.5 Å². The van der Waals surface area contributed by atoms with Crippen LogP contribution in [-0.2, 0) is 5.60 Å². The van der Waals surface area contributed by atoms with Crippen LogP contribution in [0.3, 0.4) is 0 Å². The molecule has 2 unspecified atom stereocenters. The van der Waals surface area contributed by atoms with Crippen molar-refractivity contribution in [1.82, 2.24) is 15.3 Å². The predicted molar refractivity (Wildman–Crippen MR) is 89.2 cm³/mol. The average Bonchev–Trinajstić information content (AvgIpc) is 3.12. The molecule has 1 aromatic carbocycles. The lowest BCUT2D eigenvalue weighted by molar-refractivity contribution is 0.0581. The number of aromatic amines is 2. The van der Waals surface area contributed by atoms with Gasteiger partial charge in [-0.25, -0.2) is 4.79 Å². The fraction of sp³-hybridized carbons (Fsp3) is 0.312. The lowest BCUT2D eigenvalue weighted by Gasteiger charge is -2.25. The van der Waals surface area contributed by atoms with Gasteiger partial charge in [0.25, 0.3) is 0 Å². The first-order valence-electron chi connectivity index (χ1n) is 7.17. The van der Waals surface area contributed by atoms with E-state index < -0.39 is 5.60 Å². The van der Waals surface area contributed by atoms with E-state index in [1.807, 2.05) is 49.6 Å². The number of hydrogen-bond acceptors (Lipinski definition) is 4. The van der Waals surface area contributed by atoms with Gasteiger partial charge < -0.3 is 20.4 Å². The van der Waals surface area contributed by atoms with Crippen molar-refractivity contribution < 1.29 is 5.11 Å². The van der Waals surface area contributed by atoms with Crippen LogP contribution < -0.4 is 11.0 Å². The Bertz CT molecular complexity index is 817. The summed E-state index contributed by atoms with van der Waals surface area (Å²) in [5, 5.41) is 15.9. The highest BCUT2D eigenvalue weighted by Gasteiger charge is 2.24. The van der Waals surface area contributed by atoms with Crippen LogP contribution in [0.5, 0.6) is 0 Å². The van der Waals surface area contributed by atoms with Crippen LogP contribution in [0.1, 0.15) is 30.3 Å². The van der Waals surface area contributed by atoms with Crippen molar-refractivity contribution in [2.24, 2.45) is 0 Å². The molecule has 0 aliphatic heterocycles. The molecule has 6 heteroatoms. The molecule has 116 valence electrons. The Morgan fingerprint density at radius 3 is 2.82 bits per heavy atom. The molecule has 3 rings (SSSR count). The normalized spacial score (nSPS) is 15.8. The summed E-state index contributed by atoms with van der Waals surface area (Å²) in [4.78, 5) is 17.7. The second-order valence-corrected chi connectivity index (χ2v) is 6.69. The van der Waals surface area contributed by atoms with Gasteiger partial charge >= 0.3 is 5.69 Å². The number of aromatic nitrogens is 2. The van der Waals surface area contributed by atoms with Crippen molar-refractivity contribution in [3.8, 4) is 0 Å². The Labute approximate surface area is 132 Å². The third kappa shape index (κ3) is 2.99. The van der Waals surface area contributed by atoms with E-state index in [1.54, 1.807) is 11.3 Å². The van der Waals surface area contributed by atoms with Crippen molar-refractivity contribution in [1.29, 1.82) is 0 Å². The van der Waals surface area contributed by atoms with E-state index in [9.17, 15) is 9.90 Å². The number of H-pyrrole nitrogens is 2. The molecule has 2 atom stereocenters. The summed E-state index contributed by atoms with van der Waals surface area (Å²) in [6.07, 6.45) is 0. The van der Waals surface area contributed by atoms with Crippen molar-refractivity contribution in [2.45, 2.75) is 25.5 Å². The maximum absolute atomic E-state index is 11.3. The molecule has 0 fully saturated rings. The van der Waals surface area contributed by atoms with Gasteiger partial charge in [0.15, 0.2) is 0 Å². The lowest BCUT2D eigenvalue weighted by atomic mass is 10.0. The van der Waals surface area contributed by atoms with Gasteiger partial charge in [-0.2, -0.15) is 0 Å². The highest BCUT2D eigenvalue weighted by atomic mass is 32.1. The number of benzene rings is 1. The summed E-state index contributed by atoms with van der Waals surface area (Å²) in [5.74, 6) is 0. The van der Waals surface area contributed by atoms with Gasteiger partial charge in [0.2, 0.25) is 0 Å². The Kier molecular flexibility index (Phi) is 3.90. The Morgan fingerprint density at radius 1 is 1.32 bits per heavy atom. The first-order chi connectivity index (χ1) is 10.5. The number of aliphatic hydroxyl groups is 1. The molecule has 0 aliphatic carbocycles. The Hall–Kier alpha value is -1.89. The summed E-state index contributed by atoms with van der Waals surface area (Å²) in [7, 11) is 0. The summed E-state index contributed by atoms with van der Waals surface area (Å²) in [6.45, 7) is 4.30. The van der Waals surface area contributed by atoms with Gasteiger partial charge in [-0.3, -0.25) is 0 Å². The zero-order chi connectivity index (χ0) is 15.7. The molecule has 0 amide bonds. The molecule has 2 aromatic heterocycles. The van der Waals surface area contributed by atoms with Crippen LogP contribution >= 0.6 is 11.3 Å². The molecular weight excluding hydrogens is 298 g/mol. The van der Waals surface area contributed by atoms with Gasteiger partial charge in [-0.1, -0.05) is 12.1 Å². The van der Waals surface area contributed by atoms with E-state index >= 15 is 0 Å². The largest absolute Gasteiger partial charge is 0.383 e. The fourth-order valence-electron chi connectivity index (χ4n) is 2.46. The molecule has 5 nitrogen and oxygen atoms in total. The molecule has 0 aliphatic rings. The minimum Gasteiger partial charge on any atom is -0.383 e. The summed E-state index contributed by atoms with van der Waals surface area (Å²) < 4.78 is 0. The zero-order valence-corrected chi connectivity index (χ0v) is 13.3. The fourth-order valence-corrected chi connectivity index (χ4v) is 3.25. The SMILES string of the molecule is CC(NCC(C)(O)c1cccs1)c1ccc2[nH]c(=O)[nH]c2c1. The Morgan fingerprint density at radius 2 is 2.09 bits per heavy atom. The predicted octanol–water partition coefficient (Wildman–Crippen LogP) is 2.48. The number of rotatable bonds is 5. The van der Waals surface area contributed by atoms with Gasteiger partial charge in [0, 0.05) is 17.5 Å². The van der Waals surface area contributed by atoms with E-state index in [1.165, 1.54) is 0 Å². The topological polar surface area (TPSA) is 80.9 Å². The summed E-state index contributed by atoms with van der Waals surface area (Å²) >= 11 is 1.55. The number of thiophene rings is 1. The van der Waals surface area contributed by atoms with E-state index in [-0.39, 0.29) is 11.7 Å². The number of hydrogen-bond donors (Lipinski definition) is 4. The number of nitrogens with one attached hydrogen (secondary N) is 3. The molecule has 3 aromatic rings. The zero-order valence-electron chi connectivity index (χ0n) is 12.5. The maximum atomic E-state index is 11.3. The molecule has 0 saturated carbocycles. The molecule has 2 heterocycles. The summed E-state index contributed by atoms with van der Waals surface area (Å²) in [5.41, 5.74) is 1.56. The standard InChI is InChI=1S/C16H19N3O2S/c1-10(17-9-16(2,21)14-4-3-7-22-14)11-5-6-12-13(8-11)19-15(20)18-12/h3-8,10,17,21H,9H2,1-2H3,(H2,18,19,20). The quantitative estimate of drug-likeness (QED) is 0.583. The monoisotopic (exact) mass is 317 g/mol. The second kappa shape index (κ2) is 5.72. The van der Waals surface area contributed by atoms with Crippen LogP contribution in [0.2, 0.25) is 0 Å². The molecule has 0 spiro atoms. The van der Waals surface area contributed by atoms with Crippen molar-refractivity contribution >= 4 is 22.4 Å². The summed E-state index contributed by atoms with van der Waals surface area (Å²) in [6, 6.07) is 9.75. The minimum absolute atomic E-state index is 0.0641. The Balaban J connectivity index is 1.73. The number of fused-ring (bicyclic) bond motifs is 1. The van der Waals surface area contributed by atoms with Crippen LogP contribution in [-0.4, -0.2) is 21.6 Å². The van der Waals surface area contributed by atoms with E-state index in [2.05, 4.69) is 15.3 Å². The van der Waals surface area contributed by atoms with E-state index in [4.69, 9.17) is 0 Å². The smallest absolute Gasteiger partial charge is 0.323 e. The molecule has 4 N–H and O–H groups in total. The maximum Gasteiger partial charge on any atom is 0.323 e. The average molecular weight is 317 g/mol. The third-order valence-electron chi connectivity index (χ3n) is 3.84. The van der Waals surface area contributed by atoms with Gasteiger partial charge in [0.1, 0.15) is 5.60 Å². The van der Waals surface area contributed by atoms with Crippen molar-refractivity contribution in [3.63, 3.8) is 0 Å². The molecule has 0 saturated heterocycles.